The molecule has 1 aliphatic carbocycles. The van der Waals surface area contributed by atoms with Crippen LogP contribution < -0.4 is 0 Å². The van der Waals surface area contributed by atoms with Gasteiger partial charge in [0.05, 0.1) is 18.3 Å². The Morgan fingerprint density at radius 1 is 1.39 bits per heavy atom. The highest BCUT2D eigenvalue weighted by molar-refractivity contribution is 6.69. The van der Waals surface area contributed by atoms with Crippen molar-refractivity contribution in [3.05, 3.63) is 24.8 Å². The molecule has 0 bridgehead atoms. The quantitative estimate of drug-likeness (QED) is 0.629. The summed E-state index contributed by atoms with van der Waals surface area (Å²) in [5, 5.41) is 10.8. The SMILES string of the molecule is C=C[C@]1(C)C[C@H](O)[C@H]2C[C@@H](OC)O[C@@H]2CC(=C)[C@H]1O[Si](C)(C)C. The lowest BCUT2D eigenvalue weighted by atomic mass is 9.70. The highest BCUT2D eigenvalue weighted by Gasteiger charge is 2.48. The molecule has 4 nitrogen and oxygen atoms in total. The van der Waals surface area contributed by atoms with Gasteiger partial charge in [-0.1, -0.05) is 19.6 Å². The molecule has 6 atom stereocenters. The Bertz CT molecular complexity index is 458. The van der Waals surface area contributed by atoms with Crippen molar-refractivity contribution < 1.29 is 19.0 Å². The van der Waals surface area contributed by atoms with Crippen LogP contribution in [0.25, 0.3) is 0 Å². The lowest BCUT2D eigenvalue weighted by molar-refractivity contribution is -0.119. The fraction of sp³-hybridized carbons (Fsp3) is 0.778. The molecule has 0 aromatic carbocycles. The predicted octanol–water partition coefficient (Wildman–Crippen LogP) is 3.49. The molecule has 132 valence electrons. The summed E-state index contributed by atoms with van der Waals surface area (Å²) in [4.78, 5) is 0. The summed E-state index contributed by atoms with van der Waals surface area (Å²) in [5.74, 6) is 0.0730. The second-order valence-corrected chi connectivity index (χ2v) is 12.7. The first-order valence-electron chi connectivity index (χ1n) is 8.45. The van der Waals surface area contributed by atoms with Crippen molar-refractivity contribution in [1.29, 1.82) is 0 Å². The number of aliphatic hydroxyl groups excluding tert-OH is 1. The first-order valence-corrected chi connectivity index (χ1v) is 11.9. The van der Waals surface area contributed by atoms with E-state index in [4.69, 9.17) is 13.9 Å². The first-order chi connectivity index (χ1) is 10.6. The van der Waals surface area contributed by atoms with Crippen molar-refractivity contribution in [3.63, 3.8) is 0 Å². The number of hydrogen-bond donors (Lipinski definition) is 1. The van der Waals surface area contributed by atoms with Crippen LogP contribution in [0.15, 0.2) is 24.8 Å². The summed E-state index contributed by atoms with van der Waals surface area (Å²) in [5.41, 5.74) is 0.709. The molecule has 0 aromatic rings. The van der Waals surface area contributed by atoms with Gasteiger partial charge in [0, 0.05) is 24.9 Å². The molecule has 2 fully saturated rings. The predicted molar refractivity (Wildman–Crippen MR) is 94.7 cm³/mol. The summed E-state index contributed by atoms with van der Waals surface area (Å²) in [6, 6.07) is 0. The maximum atomic E-state index is 10.8. The molecule has 5 heteroatoms. The van der Waals surface area contributed by atoms with E-state index < -0.39 is 14.4 Å². The Kier molecular flexibility index (Phi) is 5.58. The minimum Gasteiger partial charge on any atom is -0.410 e. The van der Waals surface area contributed by atoms with E-state index in [2.05, 4.69) is 39.7 Å². The number of ether oxygens (including phenoxy) is 2. The van der Waals surface area contributed by atoms with Crippen molar-refractivity contribution in [1.82, 2.24) is 0 Å². The van der Waals surface area contributed by atoms with Crippen LogP contribution in [0.1, 0.15) is 26.2 Å². The van der Waals surface area contributed by atoms with E-state index in [1.54, 1.807) is 7.11 Å². The summed E-state index contributed by atoms with van der Waals surface area (Å²) < 4.78 is 17.8. The number of methoxy groups -OCH3 is 1. The number of hydrogen-bond acceptors (Lipinski definition) is 4. The number of rotatable bonds is 4. The van der Waals surface area contributed by atoms with E-state index in [0.29, 0.717) is 12.8 Å². The maximum Gasteiger partial charge on any atom is 0.184 e. The second-order valence-electron chi connectivity index (χ2n) is 8.19. The maximum absolute atomic E-state index is 10.8. The summed E-state index contributed by atoms with van der Waals surface area (Å²) in [7, 11) is -0.113. The van der Waals surface area contributed by atoms with E-state index in [1.165, 1.54) is 0 Å². The zero-order chi connectivity index (χ0) is 17.4. The summed E-state index contributed by atoms with van der Waals surface area (Å²) >= 11 is 0. The van der Waals surface area contributed by atoms with Gasteiger partial charge < -0.3 is 19.0 Å². The largest absolute Gasteiger partial charge is 0.410 e. The number of aliphatic hydroxyl groups is 1. The van der Waals surface area contributed by atoms with E-state index in [1.807, 2.05) is 6.08 Å². The van der Waals surface area contributed by atoms with Gasteiger partial charge in [0.25, 0.3) is 0 Å². The Morgan fingerprint density at radius 3 is 2.57 bits per heavy atom. The molecule has 2 rings (SSSR count). The molecule has 1 heterocycles. The van der Waals surface area contributed by atoms with Gasteiger partial charge in [-0.25, -0.2) is 0 Å². The molecule has 0 radical (unpaired) electrons. The molecular weight excluding hydrogens is 308 g/mol. The van der Waals surface area contributed by atoms with E-state index in [-0.39, 0.29) is 29.8 Å². The molecule has 1 N–H and O–H groups in total. The van der Waals surface area contributed by atoms with Crippen molar-refractivity contribution in [3.8, 4) is 0 Å². The van der Waals surface area contributed by atoms with Crippen molar-refractivity contribution in [2.45, 2.75) is 70.4 Å². The highest BCUT2D eigenvalue weighted by Crippen LogP contribution is 2.45. The fourth-order valence-electron chi connectivity index (χ4n) is 3.78. The van der Waals surface area contributed by atoms with Crippen molar-refractivity contribution >= 4 is 8.32 Å². The van der Waals surface area contributed by atoms with Crippen LogP contribution in [0.3, 0.4) is 0 Å². The molecule has 23 heavy (non-hydrogen) atoms. The van der Waals surface area contributed by atoms with Crippen LogP contribution in [0.2, 0.25) is 19.6 Å². The Labute approximate surface area is 141 Å². The Balaban J connectivity index is 2.31. The van der Waals surface area contributed by atoms with Crippen LogP contribution in [0.4, 0.5) is 0 Å². The molecule has 0 unspecified atom stereocenters. The van der Waals surface area contributed by atoms with E-state index >= 15 is 0 Å². The molecule has 1 saturated heterocycles. The van der Waals surface area contributed by atoms with Gasteiger partial charge in [-0.15, -0.1) is 6.58 Å². The normalized spacial score (nSPS) is 42.0. The summed E-state index contributed by atoms with van der Waals surface area (Å²) in [6.07, 6.45) is 3.07. The molecule has 0 aromatic heterocycles. The van der Waals surface area contributed by atoms with Gasteiger partial charge in [0.1, 0.15) is 0 Å². The van der Waals surface area contributed by atoms with E-state index in [0.717, 1.165) is 12.0 Å². The highest BCUT2D eigenvalue weighted by atomic mass is 28.4. The third-order valence-electron chi connectivity index (χ3n) is 5.05. The van der Waals surface area contributed by atoms with Gasteiger partial charge in [0.2, 0.25) is 0 Å². The average Bonchev–Trinajstić information content (AvgIpc) is 2.85. The standard InChI is InChI=1S/C18H32O4Si/c1-8-18(3)11-14(19)13-10-16(20-4)21-15(13)9-12(2)17(18)22-23(5,6)7/h8,13-17,19H,1-2,9-11H2,3-7H3/t13-,14+,15-,16+,17-,18-/m1/s1. The third-order valence-corrected chi connectivity index (χ3v) is 5.99. The molecule has 1 saturated carbocycles. The third kappa shape index (κ3) is 4.14. The van der Waals surface area contributed by atoms with Gasteiger partial charge in [-0.2, -0.15) is 0 Å². The fourth-order valence-corrected chi connectivity index (χ4v) is 4.93. The van der Waals surface area contributed by atoms with Crippen molar-refractivity contribution in [2.24, 2.45) is 11.3 Å². The van der Waals surface area contributed by atoms with Crippen LogP contribution in [-0.4, -0.2) is 45.1 Å². The van der Waals surface area contributed by atoms with Gasteiger partial charge in [0.15, 0.2) is 14.6 Å². The first kappa shape index (κ1) is 18.9. The van der Waals surface area contributed by atoms with Gasteiger partial charge in [-0.3, -0.25) is 0 Å². The smallest absolute Gasteiger partial charge is 0.184 e. The van der Waals surface area contributed by atoms with Crippen LogP contribution in [0, 0.1) is 11.3 Å². The molecule has 2 aliphatic rings. The topological polar surface area (TPSA) is 47.9 Å². The van der Waals surface area contributed by atoms with E-state index in [9.17, 15) is 5.11 Å². The molecule has 1 aliphatic heterocycles. The van der Waals surface area contributed by atoms with Gasteiger partial charge >= 0.3 is 0 Å². The summed E-state index contributed by atoms with van der Waals surface area (Å²) in [6.45, 7) is 17.0. The van der Waals surface area contributed by atoms with Gasteiger partial charge in [-0.05, 0) is 38.1 Å². The van der Waals surface area contributed by atoms with Crippen LogP contribution >= 0.6 is 0 Å². The minimum atomic E-state index is -1.76. The molecular formula is C18H32O4Si. The zero-order valence-corrected chi connectivity index (χ0v) is 16.2. The monoisotopic (exact) mass is 340 g/mol. The van der Waals surface area contributed by atoms with Crippen molar-refractivity contribution in [2.75, 3.05) is 7.11 Å². The minimum absolute atomic E-state index is 0.0513. The lowest BCUT2D eigenvalue weighted by Gasteiger charge is -2.44. The van der Waals surface area contributed by atoms with Crippen LogP contribution in [0.5, 0.6) is 0 Å². The Morgan fingerprint density at radius 2 is 2.04 bits per heavy atom. The molecule has 0 amide bonds. The lowest BCUT2D eigenvalue weighted by Crippen LogP contribution is -2.47. The number of fused-ring (bicyclic) bond motifs is 1. The average molecular weight is 341 g/mol. The second kappa shape index (κ2) is 6.80. The molecule has 0 spiro atoms. The zero-order valence-electron chi connectivity index (χ0n) is 15.2. The Hall–Kier alpha value is -0.463. The van der Waals surface area contributed by atoms with Crippen LogP contribution in [-0.2, 0) is 13.9 Å².